The van der Waals surface area contributed by atoms with Crippen molar-refractivity contribution in [2.24, 2.45) is 0 Å². The van der Waals surface area contributed by atoms with Crippen molar-refractivity contribution in [3.63, 3.8) is 0 Å². The van der Waals surface area contributed by atoms with Crippen LogP contribution in [0, 0.1) is 0 Å². The first-order chi connectivity index (χ1) is 9.60. The Labute approximate surface area is 120 Å². The number of nitrogens with one attached hydrogen (secondary N) is 1. The molecule has 1 unspecified atom stereocenters. The minimum atomic E-state index is -0.0941. The van der Waals surface area contributed by atoms with Crippen molar-refractivity contribution in [3.05, 3.63) is 12.3 Å². The minimum Gasteiger partial charge on any atom is -0.375 e. The van der Waals surface area contributed by atoms with E-state index in [1.54, 1.807) is 4.90 Å². The fraction of sp³-hybridized carbons (Fsp3) is 0.714. The summed E-state index contributed by atoms with van der Waals surface area (Å²) in [6, 6.07) is 2.02. The normalized spacial score (nSPS) is 19.4. The molecule has 20 heavy (non-hydrogen) atoms. The third kappa shape index (κ3) is 3.72. The van der Waals surface area contributed by atoms with Crippen LogP contribution in [0.2, 0.25) is 0 Å². The van der Waals surface area contributed by atoms with Crippen LogP contribution in [0.4, 0.5) is 10.6 Å². The average Bonchev–Trinajstić information content (AvgIpc) is 2.88. The van der Waals surface area contributed by atoms with Gasteiger partial charge in [-0.05, 0) is 20.3 Å². The first kappa shape index (κ1) is 14.8. The van der Waals surface area contributed by atoms with Gasteiger partial charge in [0.2, 0.25) is 0 Å². The largest absolute Gasteiger partial charge is 0.375 e. The zero-order chi connectivity index (χ0) is 14.5. The van der Waals surface area contributed by atoms with Gasteiger partial charge in [0.1, 0.15) is 0 Å². The van der Waals surface area contributed by atoms with E-state index in [-0.39, 0.29) is 18.2 Å². The summed E-state index contributed by atoms with van der Waals surface area (Å²) in [4.78, 5) is 14.0. The van der Waals surface area contributed by atoms with Gasteiger partial charge in [-0.3, -0.25) is 10.00 Å². The predicted octanol–water partition coefficient (Wildman–Crippen LogP) is 2.50. The molecule has 2 rings (SSSR count). The van der Waals surface area contributed by atoms with E-state index in [2.05, 4.69) is 31.2 Å². The first-order valence-corrected chi connectivity index (χ1v) is 7.32. The summed E-state index contributed by atoms with van der Waals surface area (Å²) < 4.78 is 7.47. The van der Waals surface area contributed by atoms with E-state index in [1.807, 2.05) is 16.9 Å². The number of rotatable bonds is 4. The SMILES string of the molecule is CCCC1CN(C(=O)Nc2ccn(C(C)C)n2)CCO1. The number of ether oxygens (including phenoxy) is 1. The van der Waals surface area contributed by atoms with Gasteiger partial charge in [-0.25, -0.2) is 4.79 Å². The molecule has 0 bridgehead atoms. The van der Waals surface area contributed by atoms with Crippen LogP contribution in [0.3, 0.4) is 0 Å². The molecular weight excluding hydrogens is 256 g/mol. The number of anilines is 1. The van der Waals surface area contributed by atoms with Crippen molar-refractivity contribution in [2.45, 2.75) is 45.8 Å². The van der Waals surface area contributed by atoms with Crippen LogP contribution in [0.5, 0.6) is 0 Å². The highest BCUT2D eigenvalue weighted by molar-refractivity contribution is 5.88. The van der Waals surface area contributed by atoms with Gasteiger partial charge in [0, 0.05) is 31.4 Å². The second-order valence-corrected chi connectivity index (χ2v) is 5.43. The van der Waals surface area contributed by atoms with Gasteiger partial charge in [0.05, 0.1) is 12.7 Å². The molecule has 1 aromatic heterocycles. The van der Waals surface area contributed by atoms with E-state index in [0.29, 0.717) is 25.5 Å². The lowest BCUT2D eigenvalue weighted by atomic mass is 10.2. The monoisotopic (exact) mass is 280 g/mol. The van der Waals surface area contributed by atoms with Crippen LogP contribution in [0.15, 0.2) is 12.3 Å². The third-order valence-electron chi connectivity index (χ3n) is 3.41. The Balaban J connectivity index is 1.90. The summed E-state index contributed by atoms with van der Waals surface area (Å²) >= 11 is 0. The van der Waals surface area contributed by atoms with Crippen LogP contribution in [-0.4, -0.2) is 46.5 Å². The van der Waals surface area contributed by atoms with Gasteiger partial charge in [0.15, 0.2) is 5.82 Å². The molecule has 6 nitrogen and oxygen atoms in total. The van der Waals surface area contributed by atoms with E-state index in [0.717, 1.165) is 12.8 Å². The maximum Gasteiger partial charge on any atom is 0.323 e. The van der Waals surface area contributed by atoms with Gasteiger partial charge in [-0.15, -0.1) is 0 Å². The highest BCUT2D eigenvalue weighted by Gasteiger charge is 2.24. The third-order valence-corrected chi connectivity index (χ3v) is 3.41. The van der Waals surface area contributed by atoms with Gasteiger partial charge >= 0.3 is 6.03 Å². The molecule has 0 spiro atoms. The topological polar surface area (TPSA) is 59.4 Å². The summed E-state index contributed by atoms with van der Waals surface area (Å²) in [6.45, 7) is 8.13. The quantitative estimate of drug-likeness (QED) is 0.921. The molecule has 112 valence electrons. The lowest BCUT2D eigenvalue weighted by Crippen LogP contribution is -2.47. The Morgan fingerprint density at radius 2 is 2.40 bits per heavy atom. The highest BCUT2D eigenvalue weighted by atomic mass is 16.5. The number of hydrogen-bond donors (Lipinski definition) is 1. The summed E-state index contributed by atoms with van der Waals surface area (Å²) in [5.41, 5.74) is 0. The molecule has 1 atom stereocenters. The second-order valence-electron chi connectivity index (χ2n) is 5.43. The van der Waals surface area contributed by atoms with Crippen LogP contribution < -0.4 is 5.32 Å². The van der Waals surface area contributed by atoms with Crippen molar-refractivity contribution < 1.29 is 9.53 Å². The average molecular weight is 280 g/mol. The van der Waals surface area contributed by atoms with Gasteiger partial charge < -0.3 is 9.64 Å². The van der Waals surface area contributed by atoms with Crippen molar-refractivity contribution in [1.29, 1.82) is 0 Å². The smallest absolute Gasteiger partial charge is 0.323 e. The van der Waals surface area contributed by atoms with Crippen molar-refractivity contribution in [1.82, 2.24) is 14.7 Å². The van der Waals surface area contributed by atoms with Crippen LogP contribution in [-0.2, 0) is 4.74 Å². The molecule has 1 saturated heterocycles. The Morgan fingerprint density at radius 3 is 3.05 bits per heavy atom. The summed E-state index contributed by atoms with van der Waals surface area (Å²) in [7, 11) is 0. The number of nitrogens with zero attached hydrogens (tertiary/aromatic N) is 3. The number of hydrogen-bond acceptors (Lipinski definition) is 3. The van der Waals surface area contributed by atoms with Crippen LogP contribution in [0.25, 0.3) is 0 Å². The molecule has 1 fully saturated rings. The fourth-order valence-electron chi connectivity index (χ4n) is 2.28. The molecule has 1 aliphatic heterocycles. The summed E-state index contributed by atoms with van der Waals surface area (Å²) in [5.74, 6) is 0.599. The number of urea groups is 1. The highest BCUT2D eigenvalue weighted by Crippen LogP contribution is 2.13. The number of amides is 2. The maximum atomic E-state index is 12.2. The standard InChI is InChI=1S/C14H24N4O2/c1-4-5-12-10-17(8-9-20-12)14(19)15-13-6-7-18(16-13)11(2)3/h6-7,11-12H,4-5,8-10H2,1-3H3,(H,15,16,19). The fourth-order valence-corrected chi connectivity index (χ4v) is 2.28. The molecule has 0 saturated carbocycles. The number of carbonyl (C=O) groups excluding carboxylic acids is 1. The van der Waals surface area contributed by atoms with E-state index < -0.39 is 0 Å². The molecule has 0 aromatic carbocycles. The summed E-state index contributed by atoms with van der Waals surface area (Å²) in [5, 5.41) is 7.18. The maximum absolute atomic E-state index is 12.2. The molecule has 1 N–H and O–H groups in total. The van der Waals surface area contributed by atoms with Crippen molar-refractivity contribution in [2.75, 3.05) is 25.0 Å². The number of carbonyl (C=O) groups is 1. The summed E-state index contributed by atoms with van der Waals surface area (Å²) in [6.07, 6.45) is 4.09. The van der Waals surface area contributed by atoms with Crippen LogP contribution >= 0.6 is 0 Å². The zero-order valence-corrected chi connectivity index (χ0v) is 12.5. The Hall–Kier alpha value is -1.56. The predicted molar refractivity (Wildman–Crippen MR) is 77.9 cm³/mol. The molecule has 2 amide bonds. The molecular formula is C14H24N4O2. The Morgan fingerprint density at radius 1 is 1.60 bits per heavy atom. The van der Waals surface area contributed by atoms with Gasteiger partial charge in [-0.2, -0.15) is 5.10 Å². The Kier molecular flexibility index (Phi) is 5.00. The van der Waals surface area contributed by atoms with E-state index in [9.17, 15) is 4.79 Å². The van der Waals surface area contributed by atoms with E-state index in [1.165, 1.54) is 0 Å². The number of aromatic nitrogens is 2. The zero-order valence-electron chi connectivity index (χ0n) is 12.5. The van der Waals surface area contributed by atoms with Crippen LogP contribution in [0.1, 0.15) is 39.7 Å². The minimum absolute atomic E-state index is 0.0941. The molecule has 2 heterocycles. The van der Waals surface area contributed by atoms with Crippen molar-refractivity contribution >= 4 is 11.8 Å². The number of morpholine rings is 1. The molecule has 1 aromatic rings. The van der Waals surface area contributed by atoms with Gasteiger partial charge in [0.25, 0.3) is 0 Å². The molecule has 6 heteroatoms. The Bertz CT molecular complexity index is 442. The molecule has 0 aliphatic carbocycles. The lowest BCUT2D eigenvalue weighted by molar-refractivity contribution is -0.0162. The molecule has 0 radical (unpaired) electrons. The second kappa shape index (κ2) is 6.74. The van der Waals surface area contributed by atoms with E-state index >= 15 is 0 Å². The first-order valence-electron chi connectivity index (χ1n) is 7.32. The van der Waals surface area contributed by atoms with E-state index in [4.69, 9.17) is 4.74 Å². The molecule has 1 aliphatic rings. The van der Waals surface area contributed by atoms with Crippen molar-refractivity contribution in [3.8, 4) is 0 Å². The lowest BCUT2D eigenvalue weighted by Gasteiger charge is -2.32. The van der Waals surface area contributed by atoms with Gasteiger partial charge in [-0.1, -0.05) is 13.3 Å².